The van der Waals surface area contributed by atoms with E-state index in [0.717, 1.165) is 17.5 Å². The summed E-state index contributed by atoms with van der Waals surface area (Å²) in [5.74, 6) is 0. The maximum atomic E-state index is 11.6. The van der Waals surface area contributed by atoms with E-state index in [-0.39, 0.29) is 0 Å². The average molecular weight is 257 g/mol. The molecule has 0 radical (unpaired) electrons. The first kappa shape index (κ1) is 13.8. The number of nitrogens with two attached hydrogens (primary N) is 1. The molecule has 0 aliphatic carbocycles. The molecule has 0 unspecified atom stereocenters. The second-order valence-corrected chi connectivity index (χ2v) is 5.52. The Hall–Kier alpha value is -1.27. The van der Waals surface area contributed by atoms with E-state index in [1.54, 1.807) is 12.1 Å². The number of hydrogen-bond donors (Lipinski definition) is 3. The number of nitrogen functional groups attached to an aromatic ring is 1. The Morgan fingerprint density at radius 1 is 1.24 bits per heavy atom. The molecule has 4 N–H and O–H groups in total. The van der Waals surface area contributed by atoms with Crippen molar-refractivity contribution >= 4 is 21.6 Å². The molecule has 96 valence electrons. The summed E-state index contributed by atoms with van der Waals surface area (Å²) < 4.78 is 28.1. The van der Waals surface area contributed by atoms with E-state index in [2.05, 4.69) is 9.44 Å². The fourth-order valence-corrected chi connectivity index (χ4v) is 2.36. The van der Waals surface area contributed by atoms with E-state index in [0.29, 0.717) is 17.9 Å². The molecule has 17 heavy (non-hydrogen) atoms. The van der Waals surface area contributed by atoms with Crippen LogP contribution in [0.15, 0.2) is 12.1 Å². The summed E-state index contributed by atoms with van der Waals surface area (Å²) in [4.78, 5) is 0. The van der Waals surface area contributed by atoms with Crippen molar-refractivity contribution in [3.8, 4) is 0 Å². The lowest BCUT2D eigenvalue weighted by molar-refractivity contribution is 0.586. The maximum Gasteiger partial charge on any atom is 0.299 e. The van der Waals surface area contributed by atoms with Gasteiger partial charge in [-0.25, -0.2) is 0 Å². The normalized spacial score (nSPS) is 11.5. The minimum atomic E-state index is -3.53. The second kappa shape index (κ2) is 5.37. The van der Waals surface area contributed by atoms with E-state index in [1.807, 2.05) is 20.8 Å². The summed E-state index contributed by atoms with van der Waals surface area (Å²) in [5.41, 5.74) is 8.64. The molecule has 1 rings (SSSR count). The van der Waals surface area contributed by atoms with Crippen molar-refractivity contribution in [2.45, 2.75) is 27.2 Å². The van der Waals surface area contributed by atoms with E-state index >= 15 is 0 Å². The van der Waals surface area contributed by atoms with Crippen molar-refractivity contribution in [2.24, 2.45) is 0 Å². The van der Waals surface area contributed by atoms with Gasteiger partial charge >= 0.3 is 0 Å². The van der Waals surface area contributed by atoms with E-state index in [1.165, 1.54) is 0 Å². The van der Waals surface area contributed by atoms with Crippen molar-refractivity contribution in [1.29, 1.82) is 0 Å². The molecule has 0 amide bonds. The van der Waals surface area contributed by atoms with Crippen LogP contribution in [0.4, 0.5) is 11.4 Å². The predicted octanol–water partition coefficient (Wildman–Crippen LogP) is 1.54. The molecule has 0 aromatic heterocycles. The summed E-state index contributed by atoms with van der Waals surface area (Å²) in [7, 11) is -3.53. The Morgan fingerprint density at radius 2 is 1.82 bits per heavy atom. The minimum absolute atomic E-state index is 0.403. The smallest absolute Gasteiger partial charge is 0.299 e. The van der Waals surface area contributed by atoms with Crippen molar-refractivity contribution in [3.63, 3.8) is 0 Å². The molecule has 0 fully saturated rings. The van der Waals surface area contributed by atoms with Crippen LogP contribution in [-0.4, -0.2) is 15.0 Å². The highest BCUT2D eigenvalue weighted by Gasteiger charge is 2.11. The highest BCUT2D eigenvalue weighted by atomic mass is 32.2. The van der Waals surface area contributed by atoms with Crippen LogP contribution in [0.1, 0.15) is 24.5 Å². The summed E-state index contributed by atoms with van der Waals surface area (Å²) >= 11 is 0. The predicted molar refractivity (Wildman–Crippen MR) is 71.2 cm³/mol. The molecule has 0 heterocycles. The SMILES string of the molecule is CCCNS(=O)(=O)Nc1cc(C)c(C)cc1N. The van der Waals surface area contributed by atoms with Gasteiger partial charge in [0.2, 0.25) is 0 Å². The zero-order valence-electron chi connectivity index (χ0n) is 10.4. The van der Waals surface area contributed by atoms with Crippen LogP contribution in [0.25, 0.3) is 0 Å². The Labute approximate surface area is 103 Å². The van der Waals surface area contributed by atoms with Gasteiger partial charge in [-0.2, -0.15) is 13.1 Å². The van der Waals surface area contributed by atoms with Crippen molar-refractivity contribution in [1.82, 2.24) is 4.72 Å². The van der Waals surface area contributed by atoms with Crippen molar-refractivity contribution in [2.75, 3.05) is 17.0 Å². The monoisotopic (exact) mass is 257 g/mol. The Kier molecular flexibility index (Phi) is 4.36. The molecule has 0 atom stereocenters. The molecular formula is C11H19N3O2S. The Bertz CT molecular complexity index is 498. The number of hydrogen-bond acceptors (Lipinski definition) is 3. The minimum Gasteiger partial charge on any atom is -0.397 e. The summed E-state index contributed by atoms with van der Waals surface area (Å²) in [5, 5.41) is 0. The number of benzene rings is 1. The van der Waals surface area contributed by atoms with Gasteiger partial charge in [-0.05, 0) is 43.5 Å². The van der Waals surface area contributed by atoms with Crippen LogP contribution in [0.2, 0.25) is 0 Å². The van der Waals surface area contributed by atoms with E-state index in [4.69, 9.17) is 5.73 Å². The summed E-state index contributed by atoms with van der Waals surface area (Å²) in [6.07, 6.45) is 0.739. The van der Waals surface area contributed by atoms with E-state index in [9.17, 15) is 8.42 Å². The third-order valence-electron chi connectivity index (χ3n) is 2.45. The molecule has 0 saturated carbocycles. The number of nitrogens with one attached hydrogen (secondary N) is 2. The zero-order chi connectivity index (χ0) is 13.1. The second-order valence-electron chi connectivity index (χ2n) is 4.02. The van der Waals surface area contributed by atoms with Gasteiger partial charge in [0.05, 0.1) is 11.4 Å². The molecular weight excluding hydrogens is 238 g/mol. The van der Waals surface area contributed by atoms with Crippen LogP contribution in [-0.2, 0) is 10.2 Å². The topological polar surface area (TPSA) is 84.2 Å². The van der Waals surface area contributed by atoms with Gasteiger partial charge in [0.25, 0.3) is 10.2 Å². The van der Waals surface area contributed by atoms with Gasteiger partial charge in [0.15, 0.2) is 0 Å². The van der Waals surface area contributed by atoms with Gasteiger partial charge in [-0.1, -0.05) is 6.92 Å². The lowest BCUT2D eigenvalue weighted by atomic mass is 10.1. The number of aryl methyl sites for hydroxylation is 2. The Balaban J connectivity index is 2.92. The largest absolute Gasteiger partial charge is 0.397 e. The molecule has 0 bridgehead atoms. The molecule has 5 nitrogen and oxygen atoms in total. The first-order chi connectivity index (χ1) is 7.85. The first-order valence-electron chi connectivity index (χ1n) is 5.50. The standard InChI is InChI=1S/C11H19N3O2S/c1-4-5-13-17(15,16)14-11-7-9(3)8(2)6-10(11)12/h6-7,13-14H,4-5,12H2,1-3H3. The molecule has 0 spiro atoms. The van der Waals surface area contributed by atoms with Crippen LogP contribution in [0.5, 0.6) is 0 Å². The van der Waals surface area contributed by atoms with Crippen molar-refractivity contribution < 1.29 is 8.42 Å². The van der Waals surface area contributed by atoms with Crippen LogP contribution < -0.4 is 15.2 Å². The molecule has 0 aliphatic rings. The van der Waals surface area contributed by atoms with Crippen LogP contribution in [0, 0.1) is 13.8 Å². The third-order valence-corrected chi connectivity index (χ3v) is 3.53. The quantitative estimate of drug-likeness (QED) is 0.700. The first-order valence-corrected chi connectivity index (χ1v) is 6.98. The third kappa shape index (κ3) is 3.90. The highest BCUT2D eigenvalue weighted by molar-refractivity contribution is 7.90. The lowest BCUT2D eigenvalue weighted by Crippen LogP contribution is -2.31. The lowest BCUT2D eigenvalue weighted by Gasteiger charge is -2.12. The van der Waals surface area contributed by atoms with Crippen molar-refractivity contribution in [3.05, 3.63) is 23.3 Å². The molecule has 1 aromatic rings. The maximum absolute atomic E-state index is 11.6. The number of anilines is 2. The summed E-state index contributed by atoms with van der Waals surface area (Å²) in [6, 6.07) is 3.49. The molecule has 6 heteroatoms. The average Bonchev–Trinajstić information content (AvgIpc) is 2.23. The van der Waals surface area contributed by atoms with Gasteiger partial charge in [0, 0.05) is 6.54 Å². The molecule has 0 saturated heterocycles. The van der Waals surface area contributed by atoms with Crippen LogP contribution in [0.3, 0.4) is 0 Å². The van der Waals surface area contributed by atoms with Gasteiger partial charge in [-0.15, -0.1) is 0 Å². The number of rotatable bonds is 5. The molecule has 0 aliphatic heterocycles. The summed E-state index contributed by atoms with van der Waals surface area (Å²) in [6.45, 7) is 6.14. The van der Waals surface area contributed by atoms with Gasteiger partial charge < -0.3 is 5.73 Å². The van der Waals surface area contributed by atoms with Gasteiger partial charge in [-0.3, -0.25) is 4.72 Å². The van der Waals surface area contributed by atoms with Gasteiger partial charge in [0.1, 0.15) is 0 Å². The van der Waals surface area contributed by atoms with Crippen LogP contribution >= 0.6 is 0 Å². The fraction of sp³-hybridized carbons (Fsp3) is 0.455. The fourth-order valence-electron chi connectivity index (χ4n) is 1.34. The van der Waals surface area contributed by atoms with E-state index < -0.39 is 10.2 Å². The Morgan fingerprint density at radius 3 is 2.41 bits per heavy atom. The highest BCUT2D eigenvalue weighted by Crippen LogP contribution is 2.23. The molecule has 1 aromatic carbocycles. The zero-order valence-corrected chi connectivity index (χ0v) is 11.2.